The molecule has 0 aromatic heterocycles. The first-order chi connectivity index (χ1) is 7.63. The molecule has 16 heavy (non-hydrogen) atoms. The van der Waals surface area contributed by atoms with Gasteiger partial charge in [0.15, 0.2) is 0 Å². The third-order valence-corrected chi connectivity index (χ3v) is 3.21. The van der Waals surface area contributed by atoms with Gasteiger partial charge in [0.25, 0.3) is 5.69 Å². The summed E-state index contributed by atoms with van der Waals surface area (Å²) in [6, 6.07) is 4.68. The highest BCUT2D eigenvalue weighted by molar-refractivity contribution is 5.50. The Morgan fingerprint density at radius 2 is 2.25 bits per heavy atom. The molecule has 2 N–H and O–H groups in total. The van der Waals surface area contributed by atoms with E-state index in [0.717, 1.165) is 18.4 Å². The maximum absolute atomic E-state index is 10.7. The lowest BCUT2D eigenvalue weighted by molar-refractivity contribution is -0.385. The van der Waals surface area contributed by atoms with E-state index in [-0.39, 0.29) is 11.1 Å². The Hall–Kier alpha value is -1.62. The number of nitro groups is 1. The smallest absolute Gasteiger partial charge is 0.269 e. The topological polar surface area (TPSA) is 78.4 Å². The third kappa shape index (κ3) is 1.63. The van der Waals surface area contributed by atoms with E-state index >= 15 is 0 Å². The second-order valence-corrected chi connectivity index (χ2v) is 4.13. The van der Waals surface area contributed by atoms with Gasteiger partial charge in [0.1, 0.15) is 5.75 Å². The minimum atomic E-state index is -0.393. The molecule has 0 heterocycles. The number of benzene rings is 1. The molecular weight excluding hydrogens is 208 g/mol. The van der Waals surface area contributed by atoms with Gasteiger partial charge in [0.2, 0.25) is 0 Å². The summed E-state index contributed by atoms with van der Waals surface area (Å²) in [6.07, 6.45) is 1.95. The highest BCUT2D eigenvalue weighted by Crippen LogP contribution is 2.51. The van der Waals surface area contributed by atoms with E-state index in [0.29, 0.717) is 12.3 Å². The van der Waals surface area contributed by atoms with E-state index in [4.69, 9.17) is 10.5 Å². The normalized spacial score (nSPS) is 16.9. The Bertz CT molecular complexity index is 427. The quantitative estimate of drug-likeness (QED) is 0.619. The standard InChI is InChI=1S/C11H14N2O3/c1-16-10-3-2-8(13(14)15)6-9(10)11(7-12)4-5-11/h2-3,6H,4-5,7,12H2,1H3. The monoisotopic (exact) mass is 222 g/mol. The van der Waals surface area contributed by atoms with Crippen LogP contribution in [0.4, 0.5) is 5.69 Å². The van der Waals surface area contributed by atoms with Crippen molar-refractivity contribution in [1.82, 2.24) is 0 Å². The molecule has 0 unspecified atom stereocenters. The molecule has 0 spiro atoms. The Kier molecular flexibility index (Phi) is 2.55. The summed E-state index contributed by atoms with van der Waals surface area (Å²) in [5, 5.41) is 10.7. The molecule has 0 aliphatic heterocycles. The molecule has 2 rings (SSSR count). The number of rotatable bonds is 4. The summed E-state index contributed by atoms with van der Waals surface area (Å²) in [5.74, 6) is 0.688. The fourth-order valence-electron chi connectivity index (χ4n) is 1.96. The van der Waals surface area contributed by atoms with Gasteiger partial charge >= 0.3 is 0 Å². The lowest BCUT2D eigenvalue weighted by Gasteiger charge is -2.16. The van der Waals surface area contributed by atoms with Crippen molar-refractivity contribution >= 4 is 5.69 Å². The maximum Gasteiger partial charge on any atom is 0.269 e. The third-order valence-electron chi connectivity index (χ3n) is 3.21. The van der Waals surface area contributed by atoms with Gasteiger partial charge < -0.3 is 10.5 Å². The van der Waals surface area contributed by atoms with E-state index < -0.39 is 4.92 Å². The van der Waals surface area contributed by atoms with Crippen LogP contribution in [0, 0.1) is 10.1 Å². The Morgan fingerprint density at radius 1 is 1.56 bits per heavy atom. The van der Waals surface area contributed by atoms with Crippen LogP contribution in [0.3, 0.4) is 0 Å². The molecule has 5 heteroatoms. The number of non-ortho nitro benzene ring substituents is 1. The first-order valence-electron chi connectivity index (χ1n) is 5.16. The molecule has 0 radical (unpaired) electrons. The summed E-state index contributed by atoms with van der Waals surface area (Å²) in [7, 11) is 1.57. The predicted octanol–water partition coefficient (Wildman–Crippen LogP) is 1.59. The largest absolute Gasteiger partial charge is 0.496 e. The van der Waals surface area contributed by atoms with E-state index in [1.165, 1.54) is 6.07 Å². The van der Waals surface area contributed by atoms with Crippen molar-refractivity contribution in [1.29, 1.82) is 0 Å². The van der Waals surface area contributed by atoms with Crippen molar-refractivity contribution in [3.8, 4) is 5.75 Å². The van der Waals surface area contributed by atoms with Crippen molar-refractivity contribution in [2.45, 2.75) is 18.3 Å². The Balaban J connectivity index is 2.48. The minimum absolute atomic E-state index is 0.0931. The zero-order chi connectivity index (χ0) is 11.8. The van der Waals surface area contributed by atoms with Gasteiger partial charge in [-0.15, -0.1) is 0 Å². The fraction of sp³-hybridized carbons (Fsp3) is 0.455. The molecule has 0 saturated heterocycles. The molecule has 1 fully saturated rings. The second kappa shape index (κ2) is 3.75. The number of nitro benzene ring substituents is 1. The van der Waals surface area contributed by atoms with Crippen molar-refractivity contribution in [2.24, 2.45) is 5.73 Å². The minimum Gasteiger partial charge on any atom is -0.496 e. The summed E-state index contributed by atoms with van der Waals surface area (Å²) < 4.78 is 5.23. The second-order valence-electron chi connectivity index (χ2n) is 4.13. The van der Waals surface area contributed by atoms with Crippen LogP contribution in [0.15, 0.2) is 18.2 Å². The number of methoxy groups -OCH3 is 1. The van der Waals surface area contributed by atoms with Gasteiger partial charge in [-0.1, -0.05) is 0 Å². The molecule has 0 bridgehead atoms. The maximum atomic E-state index is 10.7. The molecule has 0 amide bonds. The van der Waals surface area contributed by atoms with E-state index in [1.807, 2.05) is 0 Å². The molecule has 5 nitrogen and oxygen atoms in total. The SMILES string of the molecule is COc1ccc([N+](=O)[O-])cc1C1(CN)CC1. The van der Waals surface area contributed by atoms with Crippen LogP contribution in [-0.4, -0.2) is 18.6 Å². The van der Waals surface area contributed by atoms with Crippen LogP contribution >= 0.6 is 0 Å². The average Bonchev–Trinajstić information content (AvgIpc) is 3.09. The molecule has 1 aliphatic rings. The van der Waals surface area contributed by atoms with E-state index in [2.05, 4.69) is 0 Å². The Labute approximate surface area is 93.4 Å². The van der Waals surface area contributed by atoms with Gasteiger partial charge in [0, 0.05) is 29.7 Å². The van der Waals surface area contributed by atoms with Gasteiger partial charge in [0.05, 0.1) is 12.0 Å². The number of nitrogens with two attached hydrogens (primary N) is 1. The lowest BCUT2D eigenvalue weighted by Crippen LogP contribution is -2.20. The fourth-order valence-corrected chi connectivity index (χ4v) is 1.96. The number of hydrogen-bond acceptors (Lipinski definition) is 4. The summed E-state index contributed by atoms with van der Waals surface area (Å²) in [5.41, 5.74) is 6.59. The average molecular weight is 222 g/mol. The summed E-state index contributed by atoms with van der Waals surface area (Å²) >= 11 is 0. The highest BCUT2D eigenvalue weighted by Gasteiger charge is 2.45. The van der Waals surface area contributed by atoms with Crippen molar-refractivity contribution in [2.75, 3.05) is 13.7 Å². The van der Waals surface area contributed by atoms with Crippen LogP contribution in [0.25, 0.3) is 0 Å². The molecule has 86 valence electrons. The number of nitrogens with zero attached hydrogens (tertiary/aromatic N) is 1. The molecule has 1 aliphatic carbocycles. The van der Waals surface area contributed by atoms with E-state index in [1.54, 1.807) is 19.2 Å². The van der Waals surface area contributed by atoms with Crippen LogP contribution in [0.2, 0.25) is 0 Å². The zero-order valence-corrected chi connectivity index (χ0v) is 9.10. The van der Waals surface area contributed by atoms with Crippen molar-refractivity contribution < 1.29 is 9.66 Å². The van der Waals surface area contributed by atoms with Gasteiger partial charge in [-0.2, -0.15) is 0 Å². The molecule has 1 saturated carbocycles. The Morgan fingerprint density at radius 3 is 2.69 bits per heavy atom. The van der Waals surface area contributed by atoms with Gasteiger partial charge in [-0.3, -0.25) is 10.1 Å². The van der Waals surface area contributed by atoms with Crippen LogP contribution in [0.5, 0.6) is 5.75 Å². The predicted molar refractivity (Wildman–Crippen MR) is 59.6 cm³/mol. The van der Waals surface area contributed by atoms with Gasteiger partial charge in [-0.05, 0) is 18.9 Å². The number of hydrogen-bond donors (Lipinski definition) is 1. The summed E-state index contributed by atoms with van der Waals surface area (Å²) in [6.45, 7) is 0.504. The highest BCUT2D eigenvalue weighted by atomic mass is 16.6. The summed E-state index contributed by atoms with van der Waals surface area (Å²) in [4.78, 5) is 10.3. The van der Waals surface area contributed by atoms with Crippen LogP contribution in [-0.2, 0) is 5.41 Å². The first-order valence-corrected chi connectivity index (χ1v) is 5.16. The molecule has 0 atom stereocenters. The molecule has 1 aromatic carbocycles. The lowest BCUT2D eigenvalue weighted by atomic mass is 9.94. The van der Waals surface area contributed by atoms with Crippen LogP contribution < -0.4 is 10.5 Å². The van der Waals surface area contributed by atoms with E-state index in [9.17, 15) is 10.1 Å². The van der Waals surface area contributed by atoms with Crippen molar-refractivity contribution in [3.05, 3.63) is 33.9 Å². The van der Waals surface area contributed by atoms with Gasteiger partial charge in [-0.25, -0.2) is 0 Å². The van der Waals surface area contributed by atoms with Crippen molar-refractivity contribution in [3.63, 3.8) is 0 Å². The molecular formula is C11H14N2O3. The number of ether oxygens (including phenoxy) is 1. The zero-order valence-electron chi connectivity index (χ0n) is 9.10. The molecule has 1 aromatic rings. The first kappa shape index (κ1) is 10.9. The van der Waals surface area contributed by atoms with Crippen LogP contribution in [0.1, 0.15) is 18.4 Å².